The lowest BCUT2D eigenvalue weighted by atomic mass is 9.89. The molecule has 1 fully saturated rings. The normalized spacial score (nSPS) is 16.1. The van der Waals surface area contributed by atoms with Crippen molar-refractivity contribution in [1.82, 2.24) is 15.2 Å². The van der Waals surface area contributed by atoms with Gasteiger partial charge in [-0.1, -0.05) is 0 Å². The molecule has 2 aromatic carbocycles. The third-order valence-electron chi connectivity index (χ3n) is 11.5. The van der Waals surface area contributed by atoms with Crippen molar-refractivity contribution in [2.75, 3.05) is 119 Å². The molecule has 0 bridgehead atoms. The van der Waals surface area contributed by atoms with E-state index in [2.05, 4.69) is 22.5 Å². The number of carboxylic acids is 2. The summed E-state index contributed by atoms with van der Waals surface area (Å²) in [6.07, 6.45) is -1.48. The van der Waals surface area contributed by atoms with E-state index in [1.54, 1.807) is 6.07 Å². The number of benzene rings is 3. The highest BCUT2D eigenvalue weighted by molar-refractivity contribution is 6.09. The van der Waals surface area contributed by atoms with E-state index in [-0.39, 0.29) is 24.6 Å². The van der Waals surface area contributed by atoms with Gasteiger partial charge in [0.25, 0.3) is 5.91 Å². The maximum absolute atomic E-state index is 13.3. The number of nitrogens with one attached hydrogen (secondary N) is 2. The Morgan fingerprint density at radius 2 is 1.33 bits per heavy atom. The molecule has 0 spiro atoms. The van der Waals surface area contributed by atoms with Crippen molar-refractivity contribution in [1.29, 1.82) is 0 Å². The Labute approximate surface area is 404 Å². The number of ether oxygens (including phenoxy) is 6. The molecule has 1 saturated carbocycles. The van der Waals surface area contributed by atoms with Gasteiger partial charge in [-0.2, -0.15) is 13.2 Å². The van der Waals surface area contributed by atoms with E-state index >= 15 is 0 Å². The van der Waals surface area contributed by atoms with Crippen LogP contribution < -0.4 is 30.6 Å². The third-order valence-corrected chi connectivity index (χ3v) is 11.5. The van der Waals surface area contributed by atoms with Crippen LogP contribution in [0, 0.1) is 29.6 Å². The Bertz CT molecular complexity index is 2480. The molecule has 0 radical (unpaired) electrons. The Kier molecular flexibility index (Phi) is 21.3. The lowest BCUT2D eigenvalue weighted by Crippen LogP contribution is -2.37. The number of alkyl halides is 3. The number of amides is 2. The lowest BCUT2D eigenvalue weighted by Gasteiger charge is -2.19. The first kappa shape index (κ1) is 54.7. The molecular formula is C50H61F3N4O13. The minimum absolute atomic E-state index is 0.0712. The second-order valence-electron chi connectivity index (χ2n) is 16.7. The number of alkyl carbamates (subject to hydrolysis) is 1. The van der Waals surface area contributed by atoms with E-state index in [0.717, 1.165) is 47.7 Å². The van der Waals surface area contributed by atoms with Crippen LogP contribution in [0.4, 0.5) is 23.7 Å². The van der Waals surface area contributed by atoms with Crippen molar-refractivity contribution in [2.24, 2.45) is 17.8 Å². The molecule has 20 heteroatoms. The molecule has 3 aliphatic carbocycles. The summed E-state index contributed by atoms with van der Waals surface area (Å²) in [6.45, 7) is 4.96. The summed E-state index contributed by atoms with van der Waals surface area (Å²) < 4.78 is 73.1. The van der Waals surface area contributed by atoms with Gasteiger partial charge in [-0.25, -0.2) is 14.2 Å². The molecule has 1 heterocycles. The number of anilines is 1. The molecule has 17 nitrogen and oxygen atoms in total. The molecule has 3 N–H and O–H groups in total. The van der Waals surface area contributed by atoms with E-state index in [1.165, 1.54) is 12.1 Å². The quantitative estimate of drug-likeness (QED) is 0.0388. The van der Waals surface area contributed by atoms with Gasteiger partial charge >= 0.3 is 18.2 Å². The molecule has 380 valence electrons. The van der Waals surface area contributed by atoms with E-state index < -0.39 is 24.2 Å². The van der Waals surface area contributed by atoms with Crippen LogP contribution in [0.25, 0.3) is 33.4 Å². The van der Waals surface area contributed by atoms with Crippen molar-refractivity contribution in [3.05, 3.63) is 71.1 Å². The number of halogens is 3. The second kappa shape index (κ2) is 27.2. The zero-order valence-corrected chi connectivity index (χ0v) is 39.8. The predicted molar refractivity (Wildman–Crippen MR) is 250 cm³/mol. The van der Waals surface area contributed by atoms with E-state index in [1.807, 2.05) is 74.1 Å². The molecule has 4 aliphatic rings. The Morgan fingerprint density at radius 1 is 0.771 bits per heavy atom. The summed E-state index contributed by atoms with van der Waals surface area (Å²) in [5.74, 6) is 4.30. The van der Waals surface area contributed by atoms with E-state index in [4.69, 9.17) is 42.7 Å². The highest BCUT2D eigenvalue weighted by atomic mass is 19.4. The monoisotopic (exact) mass is 982 g/mol. The first-order valence-corrected chi connectivity index (χ1v) is 22.9. The van der Waals surface area contributed by atoms with Crippen LogP contribution >= 0.6 is 0 Å². The van der Waals surface area contributed by atoms with Crippen molar-refractivity contribution in [3.63, 3.8) is 0 Å². The number of hydrogen-bond acceptors (Lipinski definition) is 13. The summed E-state index contributed by atoms with van der Waals surface area (Å²) in [5, 5.41) is 26.3. The highest BCUT2D eigenvalue weighted by Gasteiger charge is 2.49. The van der Waals surface area contributed by atoms with Crippen LogP contribution in [0.5, 0.6) is 0 Å². The number of fused-ring (bicyclic) bond motifs is 3. The van der Waals surface area contributed by atoms with Gasteiger partial charge in [0.05, 0.1) is 84.3 Å². The van der Waals surface area contributed by atoms with Gasteiger partial charge < -0.3 is 63.4 Å². The van der Waals surface area contributed by atoms with Crippen LogP contribution in [0.15, 0.2) is 59.0 Å². The van der Waals surface area contributed by atoms with Crippen molar-refractivity contribution < 1.29 is 75.4 Å². The molecular weight excluding hydrogens is 922 g/mol. The second-order valence-corrected chi connectivity index (χ2v) is 16.7. The fourth-order valence-electron chi connectivity index (χ4n) is 7.84. The SMILES string of the molecule is CN(C)c1ccc2c(-c3cc(C(=O)NCCOCCOCCOCCOCCOCCNC(=O)OCC4[C@H]5CCC#CCC[C@@H]45)ccc3C(=O)O)c3ccc(=[N+](C)C)cc-3oc2c1.O=C([O-])C(F)(F)F. The number of carbonyl (C=O) groups excluding carboxylic acids is 3. The largest absolute Gasteiger partial charge is 0.542 e. The highest BCUT2D eigenvalue weighted by Crippen LogP contribution is 2.52. The maximum Gasteiger partial charge on any atom is 0.430 e. The van der Waals surface area contributed by atoms with Gasteiger partial charge in [-0.15, -0.1) is 11.8 Å². The van der Waals surface area contributed by atoms with E-state index in [0.29, 0.717) is 118 Å². The Morgan fingerprint density at radius 3 is 1.86 bits per heavy atom. The minimum Gasteiger partial charge on any atom is -0.542 e. The number of rotatable bonds is 24. The average Bonchev–Trinajstić information content (AvgIpc) is 3.97. The average molecular weight is 983 g/mol. The number of aliphatic carboxylic acids is 1. The number of carbonyl (C=O) groups is 4. The van der Waals surface area contributed by atoms with E-state index in [9.17, 15) is 32.7 Å². The van der Waals surface area contributed by atoms with Crippen LogP contribution in [0.1, 0.15) is 46.4 Å². The number of hydrogen-bond donors (Lipinski definition) is 3. The molecule has 70 heavy (non-hydrogen) atoms. The summed E-state index contributed by atoms with van der Waals surface area (Å²) in [5.41, 5.74) is 3.72. The number of aromatic carboxylic acids is 1. The molecule has 1 aliphatic heterocycles. The maximum atomic E-state index is 13.3. The molecule has 6 rings (SSSR count). The zero-order chi connectivity index (χ0) is 50.6. The lowest BCUT2D eigenvalue weighted by molar-refractivity contribution is -0.344. The summed E-state index contributed by atoms with van der Waals surface area (Å²) in [7, 11) is 7.76. The standard InChI is InChI=1S/C48H60N4O11.C2HF3O2/c1-51(2)34-12-15-39-43(30-34)63-44-31-35(52(3)4)13-16-40(44)45(39)41-29-33(11-14-38(41)47(54)55)46(53)49-17-19-57-21-23-59-25-27-61-28-26-60-24-22-58-20-18-50-48(56)62-32-42-36-9-7-5-6-8-10-37(36)42;3-2(4,5)1(6)7/h11-16,29-31,36-37,42H,7-10,17-28,32H2,1-4H3,(H2-,49,50,53,54,55,56);(H,6,7)/t36-,37+,42?;. The molecule has 0 saturated heterocycles. The van der Waals surface area contributed by atoms with Crippen LogP contribution in [-0.4, -0.2) is 149 Å². The summed E-state index contributed by atoms with van der Waals surface area (Å²) >= 11 is 0. The minimum atomic E-state index is -5.19. The van der Waals surface area contributed by atoms with Gasteiger partial charge in [0, 0.05) is 79.9 Å². The molecule has 1 unspecified atom stereocenters. The van der Waals surface area contributed by atoms with Gasteiger partial charge in [0.2, 0.25) is 5.36 Å². The van der Waals surface area contributed by atoms with Gasteiger partial charge in [-0.05, 0) is 72.6 Å². The zero-order valence-electron chi connectivity index (χ0n) is 39.8. The molecule has 2 aromatic rings. The fourth-order valence-corrected chi connectivity index (χ4v) is 7.84. The summed E-state index contributed by atoms with van der Waals surface area (Å²) in [4.78, 5) is 48.6. The smallest absolute Gasteiger partial charge is 0.430 e. The third kappa shape index (κ3) is 16.7. The number of carboxylic acid groups (broad SMARTS) is 2. The van der Waals surface area contributed by atoms with Crippen LogP contribution in [0.3, 0.4) is 0 Å². The predicted octanol–water partition coefficient (Wildman–Crippen LogP) is 4.28. The first-order chi connectivity index (χ1) is 33.6. The number of nitrogens with zero attached hydrogens (tertiary/aromatic N) is 2. The topological polar surface area (TPSA) is 210 Å². The fraction of sp³-hybridized carbons (Fsp3) is 0.500. The first-order valence-electron chi connectivity index (χ1n) is 22.9. The van der Waals surface area contributed by atoms with Gasteiger partial charge in [0.1, 0.15) is 31.4 Å². The molecule has 3 atom stereocenters. The van der Waals surface area contributed by atoms with Gasteiger partial charge in [-0.3, -0.25) is 4.79 Å². The van der Waals surface area contributed by atoms with Gasteiger partial charge in [0.15, 0.2) is 0 Å². The summed E-state index contributed by atoms with van der Waals surface area (Å²) in [6, 6.07) is 16.2. The van der Waals surface area contributed by atoms with Crippen molar-refractivity contribution >= 4 is 40.6 Å². The Hall–Kier alpha value is -6.24. The Balaban J connectivity index is 0.00000121. The molecule has 2 amide bonds. The van der Waals surface area contributed by atoms with Crippen molar-refractivity contribution in [3.8, 4) is 34.3 Å². The van der Waals surface area contributed by atoms with Crippen LogP contribution in [0.2, 0.25) is 0 Å². The molecule has 0 aromatic heterocycles. The van der Waals surface area contributed by atoms with Crippen molar-refractivity contribution in [2.45, 2.75) is 31.9 Å². The van der Waals surface area contributed by atoms with Crippen LogP contribution in [-0.2, 0) is 33.2 Å².